The third kappa shape index (κ3) is 4.31. The highest BCUT2D eigenvalue weighted by molar-refractivity contribution is 5.87. The van der Waals surface area contributed by atoms with Gasteiger partial charge in [-0.1, -0.05) is 54.5 Å². The normalized spacial score (nSPS) is 15.4. The molecule has 0 bridgehead atoms. The van der Waals surface area contributed by atoms with Gasteiger partial charge in [0.15, 0.2) is 0 Å². The topological polar surface area (TPSA) is 53.4 Å². The molecule has 1 aromatic heterocycles. The Hall–Kier alpha value is -2.36. The number of hydrogen-bond acceptors (Lipinski definition) is 3. The van der Waals surface area contributed by atoms with Crippen molar-refractivity contribution in [1.82, 2.24) is 4.98 Å². The Labute approximate surface area is 175 Å². The molecular weight excluding hydrogens is 360 g/mol. The van der Waals surface area contributed by atoms with Gasteiger partial charge in [-0.25, -0.2) is 9.78 Å². The molecule has 1 aromatic carbocycles. The molecule has 4 heteroatoms. The number of carboxylic acid groups (broad SMARTS) is 1. The quantitative estimate of drug-likeness (QED) is 0.666. The van der Waals surface area contributed by atoms with E-state index in [1.165, 1.54) is 28.6 Å². The summed E-state index contributed by atoms with van der Waals surface area (Å²) in [6.07, 6.45) is 3.66. The summed E-state index contributed by atoms with van der Waals surface area (Å²) >= 11 is 0. The Morgan fingerprint density at radius 1 is 1.24 bits per heavy atom. The Kier molecular flexibility index (Phi) is 5.50. The molecular formula is C25H34N2O2. The van der Waals surface area contributed by atoms with E-state index in [1.807, 2.05) is 6.07 Å². The van der Waals surface area contributed by atoms with E-state index in [0.717, 1.165) is 25.2 Å². The van der Waals surface area contributed by atoms with Crippen LogP contribution in [0.1, 0.15) is 81.9 Å². The van der Waals surface area contributed by atoms with Gasteiger partial charge in [-0.15, -0.1) is 0 Å². The highest BCUT2D eigenvalue weighted by Gasteiger charge is 2.34. The second kappa shape index (κ2) is 7.47. The van der Waals surface area contributed by atoms with E-state index in [-0.39, 0.29) is 16.4 Å². The van der Waals surface area contributed by atoms with Crippen LogP contribution in [-0.4, -0.2) is 22.6 Å². The van der Waals surface area contributed by atoms with Crippen molar-refractivity contribution in [3.8, 4) is 0 Å². The maximum Gasteiger partial charge on any atom is 0.337 e. The van der Waals surface area contributed by atoms with E-state index in [2.05, 4.69) is 70.5 Å². The molecule has 0 atom stereocenters. The molecule has 0 aliphatic heterocycles. The number of pyridine rings is 1. The van der Waals surface area contributed by atoms with E-state index in [0.29, 0.717) is 5.92 Å². The highest BCUT2D eigenvalue weighted by Crippen LogP contribution is 2.46. The van der Waals surface area contributed by atoms with Gasteiger partial charge in [0.05, 0.1) is 5.56 Å². The maximum absolute atomic E-state index is 11.3. The van der Waals surface area contributed by atoms with Gasteiger partial charge in [0.1, 0.15) is 5.82 Å². The lowest BCUT2D eigenvalue weighted by atomic mass is 9.80. The van der Waals surface area contributed by atoms with Crippen LogP contribution in [0, 0.1) is 5.92 Å². The summed E-state index contributed by atoms with van der Waals surface area (Å²) < 4.78 is 0. The third-order valence-corrected chi connectivity index (χ3v) is 5.93. The average Bonchev–Trinajstić information content (AvgIpc) is 2.93. The van der Waals surface area contributed by atoms with Crippen LogP contribution in [0.5, 0.6) is 0 Å². The van der Waals surface area contributed by atoms with Gasteiger partial charge in [0.25, 0.3) is 0 Å². The number of aromatic carboxylic acids is 1. The monoisotopic (exact) mass is 394 g/mol. The van der Waals surface area contributed by atoms with Crippen molar-refractivity contribution in [2.75, 3.05) is 11.4 Å². The first-order chi connectivity index (χ1) is 13.4. The summed E-state index contributed by atoms with van der Waals surface area (Å²) in [6, 6.07) is 8.22. The van der Waals surface area contributed by atoms with E-state index >= 15 is 0 Å². The minimum atomic E-state index is -0.947. The first-order valence-corrected chi connectivity index (χ1v) is 10.5. The van der Waals surface area contributed by atoms with Gasteiger partial charge in [-0.05, 0) is 64.5 Å². The number of aromatic nitrogens is 1. The molecule has 1 heterocycles. The van der Waals surface area contributed by atoms with Gasteiger partial charge in [-0.2, -0.15) is 0 Å². The number of rotatable bonds is 5. The summed E-state index contributed by atoms with van der Waals surface area (Å²) in [7, 11) is 0. The van der Waals surface area contributed by atoms with Crippen molar-refractivity contribution in [1.29, 1.82) is 0 Å². The molecule has 1 N–H and O–H groups in total. The standard InChI is InChI=1S/C25H34N2O2/c1-16(2)15-27(22-9-8-17(14-26-22)23(28)29)21-13-18(24(3,4)5)12-20-19(21)10-11-25(20,6)7/h8-9,12-14,16H,10-11,15H2,1-7H3,(H,28,29). The molecule has 0 unspecified atom stereocenters. The molecule has 0 fully saturated rings. The van der Waals surface area contributed by atoms with Crippen molar-refractivity contribution in [3.05, 3.63) is 52.7 Å². The molecule has 156 valence electrons. The molecule has 4 nitrogen and oxygen atoms in total. The Morgan fingerprint density at radius 3 is 2.45 bits per heavy atom. The second-order valence-electron chi connectivity index (χ2n) is 10.4. The van der Waals surface area contributed by atoms with E-state index in [4.69, 9.17) is 0 Å². The second-order valence-corrected chi connectivity index (χ2v) is 10.4. The molecule has 1 aliphatic rings. The van der Waals surface area contributed by atoms with Crippen molar-refractivity contribution in [2.24, 2.45) is 5.92 Å². The van der Waals surface area contributed by atoms with Crippen LogP contribution in [0.25, 0.3) is 0 Å². The first-order valence-electron chi connectivity index (χ1n) is 10.5. The number of benzene rings is 1. The molecule has 0 amide bonds. The summed E-state index contributed by atoms with van der Waals surface area (Å²) in [5.41, 5.74) is 5.83. The first kappa shape index (κ1) is 21.4. The van der Waals surface area contributed by atoms with Crippen molar-refractivity contribution in [3.63, 3.8) is 0 Å². The van der Waals surface area contributed by atoms with Crippen LogP contribution < -0.4 is 4.90 Å². The smallest absolute Gasteiger partial charge is 0.337 e. The van der Waals surface area contributed by atoms with Crippen LogP contribution in [0.15, 0.2) is 30.5 Å². The third-order valence-electron chi connectivity index (χ3n) is 5.93. The minimum Gasteiger partial charge on any atom is -0.478 e. The summed E-state index contributed by atoms with van der Waals surface area (Å²) in [5, 5.41) is 9.23. The Bertz CT molecular complexity index is 906. The lowest BCUT2D eigenvalue weighted by Gasteiger charge is -2.32. The van der Waals surface area contributed by atoms with Crippen LogP contribution >= 0.6 is 0 Å². The van der Waals surface area contributed by atoms with Crippen LogP contribution in [0.3, 0.4) is 0 Å². The molecule has 3 rings (SSSR count). The zero-order valence-electron chi connectivity index (χ0n) is 18.8. The van der Waals surface area contributed by atoms with Crippen molar-refractivity contribution >= 4 is 17.5 Å². The number of carboxylic acids is 1. The largest absolute Gasteiger partial charge is 0.478 e. The fourth-order valence-electron chi connectivity index (χ4n) is 4.12. The van der Waals surface area contributed by atoms with Gasteiger partial charge in [0.2, 0.25) is 0 Å². The lowest BCUT2D eigenvalue weighted by molar-refractivity contribution is 0.0696. The van der Waals surface area contributed by atoms with Crippen molar-refractivity contribution in [2.45, 2.75) is 72.1 Å². The summed E-state index contributed by atoms with van der Waals surface area (Å²) in [4.78, 5) is 18.1. The average molecular weight is 395 g/mol. The molecule has 1 aliphatic carbocycles. The van der Waals surface area contributed by atoms with E-state index in [1.54, 1.807) is 6.07 Å². The van der Waals surface area contributed by atoms with Crippen LogP contribution in [0.2, 0.25) is 0 Å². The fourth-order valence-corrected chi connectivity index (χ4v) is 4.12. The van der Waals surface area contributed by atoms with Crippen LogP contribution in [0.4, 0.5) is 11.5 Å². The van der Waals surface area contributed by atoms with Gasteiger partial charge in [0, 0.05) is 18.4 Å². The Balaban J connectivity index is 2.20. The number of carbonyl (C=O) groups is 1. The van der Waals surface area contributed by atoms with Crippen LogP contribution in [-0.2, 0) is 17.3 Å². The fraction of sp³-hybridized carbons (Fsp3) is 0.520. The molecule has 0 saturated carbocycles. The Morgan fingerprint density at radius 2 is 1.93 bits per heavy atom. The molecule has 0 saturated heterocycles. The lowest BCUT2D eigenvalue weighted by Crippen LogP contribution is -2.26. The number of hydrogen-bond donors (Lipinski definition) is 1. The zero-order chi connectivity index (χ0) is 21.6. The predicted octanol–water partition coefficient (Wildman–Crippen LogP) is 6.10. The predicted molar refractivity (Wildman–Crippen MR) is 120 cm³/mol. The zero-order valence-corrected chi connectivity index (χ0v) is 18.8. The van der Waals surface area contributed by atoms with Gasteiger partial charge < -0.3 is 10.0 Å². The molecule has 0 radical (unpaired) electrons. The molecule has 0 spiro atoms. The SMILES string of the molecule is CC(C)CN(c1ccc(C(=O)O)cn1)c1cc(C(C)(C)C)cc2c1CCC2(C)C. The minimum absolute atomic E-state index is 0.0482. The number of fused-ring (bicyclic) bond motifs is 1. The van der Waals surface area contributed by atoms with Gasteiger partial charge in [-0.3, -0.25) is 0 Å². The molecule has 29 heavy (non-hydrogen) atoms. The number of anilines is 2. The number of nitrogens with zero attached hydrogens (tertiary/aromatic N) is 2. The highest BCUT2D eigenvalue weighted by atomic mass is 16.4. The van der Waals surface area contributed by atoms with Crippen molar-refractivity contribution < 1.29 is 9.90 Å². The van der Waals surface area contributed by atoms with E-state index in [9.17, 15) is 9.90 Å². The molecule has 2 aromatic rings. The summed E-state index contributed by atoms with van der Waals surface area (Å²) in [6.45, 7) is 16.7. The maximum atomic E-state index is 11.3. The van der Waals surface area contributed by atoms with E-state index < -0.39 is 5.97 Å². The summed E-state index contributed by atoms with van der Waals surface area (Å²) in [5.74, 6) is 0.304. The van der Waals surface area contributed by atoms with Gasteiger partial charge >= 0.3 is 5.97 Å².